The van der Waals surface area contributed by atoms with E-state index in [-0.39, 0.29) is 12.5 Å². The Morgan fingerprint density at radius 3 is 2.50 bits per heavy atom. The molecule has 0 aliphatic heterocycles. The van der Waals surface area contributed by atoms with Gasteiger partial charge in [-0.2, -0.15) is 5.10 Å². The van der Waals surface area contributed by atoms with Crippen LogP contribution in [0.3, 0.4) is 0 Å². The maximum absolute atomic E-state index is 12.1. The summed E-state index contributed by atoms with van der Waals surface area (Å²) in [6, 6.07) is 8.70. The number of hydrogen-bond donors (Lipinski definition) is 1. The van der Waals surface area contributed by atoms with Crippen molar-refractivity contribution in [2.24, 2.45) is 0 Å². The third-order valence-electron chi connectivity index (χ3n) is 2.88. The zero-order valence-corrected chi connectivity index (χ0v) is 11.1. The molecule has 1 N–H and O–H groups in total. The van der Waals surface area contributed by atoms with Crippen LogP contribution in [0.2, 0.25) is 0 Å². The smallest absolute Gasteiger partial charge is 0.323 e. The van der Waals surface area contributed by atoms with Gasteiger partial charge >= 0.3 is 5.97 Å². The molecule has 0 radical (unpaired) electrons. The molecule has 0 aliphatic rings. The number of amides is 1. The van der Waals surface area contributed by atoms with E-state index in [1.54, 1.807) is 48.3 Å². The molecule has 1 amide bonds. The Balaban J connectivity index is 2.16. The number of nitrogens with zero attached hydrogens (tertiary/aromatic N) is 3. The Hall–Kier alpha value is -2.63. The third kappa shape index (κ3) is 3.03. The van der Waals surface area contributed by atoms with E-state index in [0.717, 1.165) is 5.69 Å². The van der Waals surface area contributed by atoms with Gasteiger partial charge in [0.2, 0.25) is 0 Å². The number of carbonyl (C=O) groups is 2. The molecule has 0 aliphatic carbocycles. The van der Waals surface area contributed by atoms with Gasteiger partial charge in [0.05, 0.1) is 5.69 Å². The number of aromatic nitrogens is 2. The Bertz CT molecular complexity index is 591. The average Bonchev–Trinajstić information content (AvgIpc) is 2.98. The maximum Gasteiger partial charge on any atom is 0.323 e. The van der Waals surface area contributed by atoms with Crippen molar-refractivity contribution in [1.29, 1.82) is 0 Å². The van der Waals surface area contributed by atoms with Gasteiger partial charge in [0.1, 0.15) is 6.54 Å². The molecule has 20 heavy (non-hydrogen) atoms. The summed E-state index contributed by atoms with van der Waals surface area (Å²) in [5.41, 5.74) is 1.30. The second-order valence-electron chi connectivity index (χ2n) is 4.21. The molecule has 0 bridgehead atoms. The van der Waals surface area contributed by atoms with Crippen molar-refractivity contribution in [2.45, 2.75) is 6.92 Å². The predicted molar refractivity (Wildman–Crippen MR) is 72.8 cm³/mol. The Labute approximate surface area is 116 Å². The highest BCUT2D eigenvalue weighted by Gasteiger charge is 2.16. The molecular weight excluding hydrogens is 258 g/mol. The fraction of sp³-hybridized carbons (Fsp3) is 0.214. The molecule has 0 fully saturated rings. The summed E-state index contributed by atoms with van der Waals surface area (Å²) in [5.74, 6) is -1.31. The van der Waals surface area contributed by atoms with Crippen molar-refractivity contribution in [3.05, 3.63) is 48.3 Å². The number of hydrogen-bond acceptors (Lipinski definition) is 3. The lowest BCUT2D eigenvalue weighted by atomic mass is 10.2. The second-order valence-corrected chi connectivity index (χ2v) is 4.21. The van der Waals surface area contributed by atoms with Gasteiger partial charge in [0.25, 0.3) is 5.91 Å². The number of likely N-dealkylation sites (N-methyl/N-ethyl adjacent to an activating group) is 1. The highest BCUT2D eigenvalue weighted by atomic mass is 16.4. The summed E-state index contributed by atoms with van der Waals surface area (Å²) < 4.78 is 1.68. The van der Waals surface area contributed by atoms with Gasteiger partial charge in [-0.3, -0.25) is 9.59 Å². The van der Waals surface area contributed by atoms with E-state index >= 15 is 0 Å². The van der Waals surface area contributed by atoms with Crippen LogP contribution < -0.4 is 0 Å². The fourth-order valence-corrected chi connectivity index (χ4v) is 1.85. The van der Waals surface area contributed by atoms with E-state index in [1.165, 1.54) is 4.90 Å². The molecule has 0 unspecified atom stereocenters. The van der Waals surface area contributed by atoms with Gasteiger partial charge < -0.3 is 10.0 Å². The summed E-state index contributed by atoms with van der Waals surface area (Å²) in [6.45, 7) is 1.81. The number of carboxylic acid groups (broad SMARTS) is 1. The van der Waals surface area contributed by atoms with Crippen molar-refractivity contribution in [3.8, 4) is 5.69 Å². The van der Waals surface area contributed by atoms with E-state index in [9.17, 15) is 9.59 Å². The van der Waals surface area contributed by atoms with Crippen LogP contribution in [0.25, 0.3) is 5.69 Å². The zero-order chi connectivity index (χ0) is 14.5. The van der Waals surface area contributed by atoms with Crippen LogP contribution in [0.1, 0.15) is 17.3 Å². The quantitative estimate of drug-likeness (QED) is 0.894. The second kappa shape index (κ2) is 6.01. The molecular formula is C14H15N3O3. The first-order valence-corrected chi connectivity index (χ1v) is 6.23. The van der Waals surface area contributed by atoms with Gasteiger partial charge in [0, 0.05) is 24.5 Å². The van der Waals surface area contributed by atoms with Crippen LogP contribution in [0, 0.1) is 0 Å². The van der Waals surface area contributed by atoms with Crippen LogP contribution in [0.5, 0.6) is 0 Å². The molecule has 0 saturated carbocycles. The minimum atomic E-state index is -1.02. The lowest BCUT2D eigenvalue weighted by Gasteiger charge is -2.18. The van der Waals surface area contributed by atoms with Gasteiger partial charge in [0.15, 0.2) is 0 Å². The predicted octanol–water partition coefficient (Wildman–Crippen LogP) is 1.42. The zero-order valence-electron chi connectivity index (χ0n) is 11.1. The summed E-state index contributed by atoms with van der Waals surface area (Å²) in [7, 11) is 0. The molecule has 104 valence electrons. The van der Waals surface area contributed by atoms with Crippen LogP contribution >= 0.6 is 0 Å². The molecule has 0 spiro atoms. The van der Waals surface area contributed by atoms with E-state index < -0.39 is 5.97 Å². The van der Waals surface area contributed by atoms with Crippen LogP contribution in [-0.4, -0.2) is 44.8 Å². The topological polar surface area (TPSA) is 75.4 Å². The third-order valence-corrected chi connectivity index (χ3v) is 2.88. The summed E-state index contributed by atoms with van der Waals surface area (Å²) in [6.07, 6.45) is 3.48. The molecule has 2 aromatic rings. The van der Waals surface area contributed by atoms with E-state index in [1.807, 2.05) is 6.07 Å². The van der Waals surface area contributed by atoms with Crippen molar-refractivity contribution in [3.63, 3.8) is 0 Å². The molecule has 1 heterocycles. The number of benzene rings is 1. The molecule has 1 aromatic carbocycles. The van der Waals surface area contributed by atoms with Crippen molar-refractivity contribution >= 4 is 11.9 Å². The van der Waals surface area contributed by atoms with Crippen LogP contribution in [0.4, 0.5) is 0 Å². The monoisotopic (exact) mass is 273 g/mol. The normalized spacial score (nSPS) is 10.2. The largest absolute Gasteiger partial charge is 0.480 e. The highest BCUT2D eigenvalue weighted by Crippen LogP contribution is 2.10. The van der Waals surface area contributed by atoms with Gasteiger partial charge in [-0.25, -0.2) is 4.68 Å². The number of carbonyl (C=O) groups excluding carboxylic acids is 1. The Kier molecular flexibility index (Phi) is 4.14. The molecule has 0 saturated heterocycles. The molecule has 6 nitrogen and oxygen atoms in total. The molecule has 1 aromatic heterocycles. The first-order valence-electron chi connectivity index (χ1n) is 6.23. The lowest BCUT2D eigenvalue weighted by Crippen LogP contribution is -2.35. The van der Waals surface area contributed by atoms with Gasteiger partial charge in [-0.1, -0.05) is 0 Å². The van der Waals surface area contributed by atoms with E-state index in [4.69, 9.17) is 5.11 Å². The number of carboxylic acids is 1. The number of aliphatic carboxylic acids is 1. The van der Waals surface area contributed by atoms with E-state index in [2.05, 4.69) is 5.10 Å². The first kappa shape index (κ1) is 13.8. The minimum Gasteiger partial charge on any atom is -0.480 e. The van der Waals surface area contributed by atoms with Gasteiger partial charge in [-0.15, -0.1) is 0 Å². The van der Waals surface area contributed by atoms with Crippen molar-refractivity contribution in [1.82, 2.24) is 14.7 Å². The molecule has 2 rings (SSSR count). The standard InChI is InChI=1S/C14H15N3O3/c1-2-16(10-13(18)19)14(20)11-4-6-12(7-5-11)17-9-3-8-15-17/h3-9H,2,10H2,1H3,(H,18,19). The van der Waals surface area contributed by atoms with Crippen molar-refractivity contribution < 1.29 is 14.7 Å². The lowest BCUT2D eigenvalue weighted by molar-refractivity contribution is -0.137. The SMILES string of the molecule is CCN(CC(=O)O)C(=O)c1ccc(-n2cccn2)cc1. The fourth-order valence-electron chi connectivity index (χ4n) is 1.85. The van der Waals surface area contributed by atoms with Crippen LogP contribution in [0.15, 0.2) is 42.7 Å². The van der Waals surface area contributed by atoms with Gasteiger partial charge in [-0.05, 0) is 37.3 Å². The Morgan fingerprint density at radius 2 is 2.00 bits per heavy atom. The molecule has 6 heteroatoms. The Morgan fingerprint density at radius 1 is 1.30 bits per heavy atom. The summed E-state index contributed by atoms with van der Waals surface area (Å²) in [5, 5.41) is 12.9. The summed E-state index contributed by atoms with van der Waals surface area (Å²) in [4.78, 5) is 24.1. The van der Waals surface area contributed by atoms with E-state index in [0.29, 0.717) is 12.1 Å². The minimum absolute atomic E-state index is 0.290. The average molecular weight is 273 g/mol. The first-order chi connectivity index (χ1) is 9.61. The highest BCUT2D eigenvalue weighted by molar-refractivity contribution is 5.96. The van der Waals surface area contributed by atoms with Crippen molar-refractivity contribution in [2.75, 3.05) is 13.1 Å². The maximum atomic E-state index is 12.1. The van der Waals surface area contributed by atoms with Crippen LogP contribution in [-0.2, 0) is 4.79 Å². The number of rotatable bonds is 5. The molecule has 0 atom stereocenters. The summed E-state index contributed by atoms with van der Waals surface area (Å²) >= 11 is 0.